The molecule has 0 bridgehead atoms. The zero-order chi connectivity index (χ0) is 17.9. The number of hydrogen-bond acceptors (Lipinski definition) is 3. The van der Waals surface area contributed by atoms with Crippen LogP contribution in [0.3, 0.4) is 0 Å². The van der Waals surface area contributed by atoms with Crippen LogP contribution in [0.2, 0.25) is 0 Å². The number of aryl methyl sites for hydroxylation is 1. The van der Waals surface area contributed by atoms with E-state index in [1.54, 1.807) is 19.1 Å². The minimum Gasteiger partial charge on any atom is -0.340 e. The monoisotopic (exact) mass is 335 g/mol. The summed E-state index contributed by atoms with van der Waals surface area (Å²) in [5, 5.41) is 2.76. The molecule has 0 spiro atoms. The Labute approximate surface area is 142 Å². The zero-order valence-electron chi connectivity index (χ0n) is 14.8. The second-order valence-electron chi connectivity index (χ2n) is 6.65. The SMILES string of the molecule is Cc1ccc(NC(=O)[C@@H](C)N2CCN(C(=O)C(C)C)CC2)cc1F. The van der Waals surface area contributed by atoms with Crippen molar-refractivity contribution in [1.29, 1.82) is 0 Å². The summed E-state index contributed by atoms with van der Waals surface area (Å²) in [5.74, 6) is -0.348. The lowest BCUT2D eigenvalue weighted by atomic mass is 10.1. The fraction of sp³-hybridized carbons (Fsp3) is 0.556. The first-order valence-electron chi connectivity index (χ1n) is 8.39. The quantitative estimate of drug-likeness (QED) is 0.918. The Morgan fingerprint density at radius 3 is 2.29 bits per heavy atom. The molecule has 1 heterocycles. The summed E-state index contributed by atoms with van der Waals surface area (Å²) in [6.07, 6.45) is 0. The van der Waals surface area contributed by atoms with E-state index in [0.717, 1.165) is 0 Å². The van der Waals surface area contributed by atoms with Crippen molar-refractivity contribution in [1.82, 2.24) is 9.80 Å². The maximum atomic E-state index is 13.6. The molecule has 1 saturated heterocycles. The molecule has 1 aliphatic heterocycles. The van der Waals surface area contributed by atoms with Gasteiger partial charge in [0.1, 0.15) is 5.82 Å². The van der Waals surface area contributed by atoms with Crippen LogP contribution in [0.1, 0.15) is 26.3 Å². The Balaban J connectivity index is 1.90. The molecule has 2 amide bonds. The number of piperazine rings is 1. The van der Waals surface area contributed by atoms with Crippen LogP contribution in [0.5, 0.6) is 0 Å². The number of hydrogen-bond donors (Lipinski definition) is 1. The largest absolute Gasteiger partial charge is 0.340 e. The normalized spacial score (nSPS) is 17.0. The summed E-state index contributed by atoms with van der Waals surface area (Å²) in [6, 6.07) is 4.35. The van der Waals surface area contributed by atoms with Crippen LogP contribution in [0.4, 0.5) is 10.1 Å². The third kappa shape index (κ3) is 4.32. The Hall–Kier alpha value is -1.95. The summed E-state index contributed by atoms with van der Waals surface area (Å²) in [5.41, 5.74) is 1.01. The van der Waals surface area contributed by atoms with Gasteiger partial charge in [0.2, 0.25) is 11.8 Å². The van der Waals surface area contributed by atoms with Crippen molar-refractivity contribution < 1.29 is 14.0 Å². The molecule has 2 rings (SSSR count). The number of amides is 2. The number of carbonyl (C=O) groups is 2. The average Bonchev–Trinajstić information content (AvgIpc) is 2.56. The predicted octanol–water partition coefficient (Wildman–Crippen LogP) is 2.26. The standard InChI is InChI=1S/C18H26FN3O2/c1-12(2)18(24)22-9-7-21(8-10-22)14(4)17(23)20-15-6-5-13(3)16(19)11-15/h5-6,11-12,14H,7-10H2,1-4H3,(H,20,23)/t14-/m1/s1. The van der Waals surface area contributed by atoms with Gasteiger partial charge in [0.15, 0.2) is 0 Å². The van der Waals surface area contributed by atoms with E-state index in [1.165, 1.54) is 6.07 Å². The number of benzene rings is 1. The van der Waals surface area contributed by atoms with Gasteiger partial charge in [-0.25, -0.2) is 4.39 Å². The van der Waals surface area contributed by atoms with Gasteiger partial charge >= 0.3 is 0 Å². The van der Waals surface area contributed by atoms with Gasteiger partial charge in [-0.05, 0) is 31.5 Å². The molecule has 132 valence electrons. The molecule has 0 unspecified atom stereocenters. The molecular formula is C18H26FN3O2. The van der Waals surface area contributed by atoms with Gasteiger partial charge in [0.05, 0.1) is 6.04 Å². The highest BCUT2D eigenvalue weighted by atomic mass is 19.1. The maximum absolute atomic E-state index is 13.6. The fourth-order valence-electron chi connectivity index (χ4n) is 2.78. The van der Waals surface area contributed by atoms with E-state index < -0.39 is 0 Å². The van der Waals surface area contributed by atoms with Gasteiger partial charge in [-0.1, -0.05) is 19.9 Å². The molecule has 6 heteroatoms. The van der Waals surface area contributed by atoms with E-state index in [0.29, 0.717) is 37.4 Å². The minimum atomic E-state index is -0.332. The highest BCUT2D eigenvalue weighted by molar-refractivity contribution is 5.94. The number of anilines is 1. The van der Waals surface area contributed by atoms with Crippen LogP contribution < -0.4 is 5.32 Å². The number of nitrogens with zero attached hydrogens (tertiary/aromatic N) is 2. The van der Waals surface area contributed by atoms with Gasteiger partial charge in [-0.2, -0.15) is 0 Å². The minimum absolute atomic E-state index is 0.00583. The molecule has 1 atom stereocenters. The Morgan fingerprint density at radius 2 is 1.75 bits per heavy atom. The van der Waals surface area contributed by atoms with E-state index in [4.69, 9.17) is 0 Å². The van der Waals surface area contributed by atoms with Crippen molar-refractivity contribution in [3.05, 3.63) is 29.6 Å². The molecule has 0 saturated carbocycles. The first kappa shape index (κ1) is 18.4. The number of nitrogens with one attached hydrogen (secondary N) is 1. The lowest BCUT2D eigenvalue weighted by molar-refractivity contribution is -0.136. The first-order chi connectivity index (χ1) is 11.3. The van der Waals surface area contributed by atoms with Crippen LogP contribution in [-0.4, -0.2) is 53.8 Å². The highest BCUT2D eigenvalue weighted by Gasteiger charge is 2.28. The molecule has 1 aromatic carbocycles. The molecule has 1 N–H and O–H groups in total. The molecule has 1 aliphatic rings. The van der Waals surface area contributed by atoms with Gasteiger partial charge in [0.25, 0.3) is 0 Å². The third-order valence-electron chi connectivity index (χ3n) is 4.49. The molecule has 0 radical (unpaired) electrons. The maximum Gasteiger partial charge on any atom is 0.241 e. The first-order valence-corrected chi connectivity index (χ1v) is 8.39. The van der Waals surface area contributed by atoms with Crippen molar-refractivity contribution in [2.24, 2.45) is 5.92 Å². The van der Waals surface area contributed by atoms with Gasteiger partial charge < -0.3 is 10.2 Å². The lowest BCUT2D eigenvalue weighted by Gasteiger charge is -2.38. The fourth-order valence-corrected chi connectivity index (χ4v) is 2.78. The van der Waals surface area contributed by atoms with Crippen LogP contribution in [0.25, 0.3) is 0 Å². The second-order valence-corrected chi connectivity index (χ2v) is 6.65. The van der Waals surface area contributed by atoms with Crippen LogP contribution in [0, 0.1) is 18.7 Å². The number of rotatable bonds is 4. The summed E-state index contributed by atoms with van der Waals surface area (Å²) < 4.78 is 13.6. The summed E-state index contributed by atoms with van der Waals surface area (Å²) in [7, 11) is 0. The van der Waals surface area contributed by atoms with Crippen molar-refractivity contribution in [2.45, 2.75) is 33.7 Å². The van der Waals surface area contributed by atoms with E-state index >= 15 is 0 Å². The average molecular weight is 335 g/mol. The smallest absolute Gasteiger partial charge is 0.241 e. The van der Waals surface area contributed by atoms with Crippen molar-refractivity contribution in [2.75, 3.05) is 31.5 Å². The van der Waals surface area contributed by atoms with Gasteiger partial charge in [0, 0.05) is 37.8 Å². The van der Waals surface area contributed by atoms with E-state index in [1.807, 2.05) is 30.6 Å². The molecule has 5 nitrogen and oxygen atoms in total. The van der Waals surface area contributed by atoms with E-state index in [2.05, 4.69) is 5.32 Å². The molecule has 1 aromatic rings. The third-order valence-corrected chi connectivity index (χ3v) is 4.49. The summed E-state index contributed by atoms with van der Waals surface area (Å²) in [6.45, 7) is 9.89. The molecular weight excluding hydrogens is 309 g/mol. The van der Waals surface area contributed by atoms with Gasteiger partial charge in [-0.3, -0.25) is 14.5 Å². The molecule has 0 aromatic heterocycles. The van der Waals surface area contributed by atoms with E-state index in [-0.39, 0.29) is 29.6 Å². The topological polar surface area (TPSA) is 52.7 Å². The molecule has 24 heavy (non-hydrogen) atoms. The lowest BCUT2D eigenvalue weighted by Crippen LogP contribution is -2.54. The zero-order valence-corrected chi connectivity index (χ0v) is 14.8. The van der Waals surface area contributed by atoms with Crippen LogP contribution in [0.15, 0.2) is 18.2 Å². The van der Waals surface area contributed by atoms with Crippen molar-refractivity contribution >= 4 is 17.5 Å². The Morgan fingerprint density at radius 1 is 1.12 bits per heavy atom. The molecule has 0 aliphatic carbocycles. The van der Waals surface area contributed by atoms with Crippen LogP contribution in [-0.2, 0) is 9.59 Å². The highest BCUT2D eigenvalue weighted by Crippen LogP contribution is 2.15. The Kier molecular flexibility index (Phi) is 5.94. The summed E-state index contributed by atoms with van der Waals surface area (Å²) >= 11 is 0. The number of carbonyl (C=O) groups excluding carboxylic acids is 2. The summed E-state index contributed by atoms with van der Waals surface area (Å²) in [4.78, 5) is 28.3. The van der Waals surface area contributed by atoms with Crippen LogP contribution >= 0.6 is 0 Å². The Bertz CT molecular complexity index is 610. The molecule has 1 fully saturated rings. The number of halogens is 1. The van der Waals surface area contributed by atoms with Gasteiger partial charge in [-0.15, -0.1) is 0 Å². The van der Waals surface area contributed by atoms with Crippen molar-refractivity contribution in [3.8, 4) is 0 Å². The van der Waals surface area contributed by atoms with E-state index in [9.17, 15) is 14.0 Å². The van der Waals surface area contributed by atoms with Crippen molar-refractivity contribution in [3.63, 3.8) is 0 Å². The second kappa shape index (κ2) is 7.75. The predicted molar refractivity (Wildman–Crippen MR) is 92.2 cm³/mol.